The van der Waals surface area contributed by atoms with Gasteiger partial charge in [0.2, 0.25) is 5.91 Å². The first-order valence-electron chi connectivity index (χ1n) is 8.82. The Morgan fingerprint density at radius 2 is 1.96 bits per heavy atom. The second-order valence-electron chi connectivity index (χ2n) is 6.14. The Morgan fingerprint density at radius 1 is 1.19 bits per heavy atom. The average molecular weight is 382 g/mol. The smallest absolute Gasteiger partial charge is 0.255 e. The monoisotopic (exact) mass is 382 g/mol. The molecule has 6 nitrogen and oxygen atoms in total. The molecule has 0 saturated carbocycles. The van der Waals surface area contributed by atoms with Crippen LogP contribution in [0.25, 0.3) is 10.6 Å². The standard InChI is InChI=1S/C20H22N4O2S/c1-3-21-19(25)14(2)22-20(26)16-13-24(12-15-8-5-4-6-9-15)23-18(16)17-10-7-11-27-17/h4-11,13-14H,3,12H2,1-2H3,(H,21,25)(H,22,26)/t14-/m1/s1. The van der Waals surface area contributed by atoms with Crippen LogP contribution in [0.2, 0.25) is 0 Å². The highest BCUT2D eigenvalue weighted by Crippen LogP contribution is 2.27. The number of nitrogens with zero attached hydrogens (tertiary/aromatic N) is 2. The summed E-state index contributed by atoms with van der Waals surface area (Å²) in [5.74, 6) is -0.517. The first-order valence-corrected chi connectivity index (χ1v) is 9.70. The number of hydrogen-bond donors (Lipinski definition) is 2. The van der Waals surface area contributed by atoms with Gasteiger partial charge in [0.25, 0.3) is 5.91 Å². The molecule has 140 valence electrons. The molecule has 0 fully saturated rings. The van der Waals surface area contributed by atoms with Crippen molar-refractivity contribution < 1.29 is 9.59 Å². The lowest BCUT2D eigenvalue weighted by atomic mass is 10.2. The van der Waals surface area contributed by atoms with E-state index in [4.69, 9.17) is 0 Å². The van der Waals surface area contributed by atoms with Crippen molar-refractivity contribution in [2.45, 2.75) is 26.4 Å². The summed E-state index contributed by atoms with van der Waals surface area (Å²) < 4.78 is 1.76. The van der Waals surface area contributed by atoms with Crippen molar-refractivity contribution in [1.82, 2.24) is 20.4 Å². The zero-order valence-corrected chi connectivity index (χ0v) is 16.1. The molecule has 27 heavy (non-hydrogen) atoms. The second-order valence-corrected chi connectivity index (χ2v) is 7.09. The molecule has 3 rings (SSSR count). The molecular formula is C20H22N4O2S. The largest absolute Gasteiger partial charge is 0.355 e. The van der Waals surface area contributed by atoms with Crippen LogP contribution in [-0.2, 0) is 11.3 Å². The number of nitrogens with one attached hydrogen (secondary N) is 2. The molecule has 0 bridgehead atoms. The van der Waals surface area contributed by atoms with Gasteiger partial charge in [0.05, 0.1) is 17.0 Å². The van der Waals surface area contributed by atoms with Gasteiger partial charge in [0.1, 0.15) is 11.7 Å². The van der Waals surface area contributed by atoms with Crippen LogP contribution in [0.15, 0.2) is 54.0 Å². The van der Waals surface area contributed by atoms with E-state index < -0.39 is 6.04 Å². The van der Waals surface area contributed by atoms with Gasteiger partial charge in [-0.1, -0.05) is 36.4 Å². The first-order chi connectivity index (χ1) is 13.1. The SMILES string of the molecule is CCNC(=O)[C@@H](C)NC(=O)c1cn(Cc2ccccc2)nc1-c1cccs1. The van der Waals surface area contributed by atoms with E-state index in [2.05, 4.69) is 15.7 Å². The Kier molecular flexibility index (Phi) is 6.03. The molecule has 0 aliphatic carbocycles. The summed E-state index contributed by atoms with van der Waals surface area (Å²) in [6, 6.07) is 13.2. The summed E-state index contributed by atoms with van der Waals surface area (Å²) in [5.41, 5.74) is 2.19. The Labute approximate surface area is 162 Å². The molecule has 0 unspecified atom stereocenters. The van der Waals surface area contributed by atoms with E-state index in [1.165, 1.54) is 11.3 Å². The van der Waals surface area contributed by atoms with E-state index in [0.717, 1.165) is 10.4 Å². The van der Waals surface area contributed by atoms with Crippen LogP contribution in [0.3, 0.4) is 0 Å². The molecule has 0 spiro atoms. The topological polar surface area (TPSA) is 76.0 Å². The summed E-state index contributed by atoms with van der Waals surface area (Å²) in [6.07, 6.45) is 1.74. The molecule has 0 saturated heterocycles. The molecule has 0 aliphatic rings. The maximum atomic E-state index is 12.8. The fraction of sp³-hybridized carbons (Fsp3) is 0.250. The van der Waals surface area contributed by atoms with Crippen molar-refractivity contribution in [3.63, 3.8) is 0 Å². The number of aromatic nitrogens is 2. The van der Waals surface area contributed by atoms with Crippen LogP contribution in [0.1, 0.15) is 29.8 Å². The highest BCUT2D eigenvalue weighted by atomic mass is 32.1. The predicted octanol–water partition coefficient (Wildman–Crippen LogP) is 2.91. The van der Waals surface area contributed by atoms with E-state index in [1.807, 2.05) is 54.8 Å². The molecule has 7 heteroatoms. The number of hydrogen-bond acceptors (Lipinski definition) is 4. The zero-order valence-electron chi connectivity index (χ0n) is 15.3. The van der Waals surface area contributed by atoms with Crippen molar-refractivity contribution >= 4 is 23.2 Å². The number of rotatable bonds is 7. The van der Waals surface area contributed by atoms with Crippen LogP contribution in [-0.4, -0.2) is 34.2 Å². The van der Waals surface area contributed by atoms with Gasteiger partial charge in [-0.3, -0.25) is 14.3 Å². The molecule has 2 N–H and O–H groups in total. The van der Waals surface area contributed by atoms with Gasteiger partial charge in [-0.25, -0.2) is 0 Å². The van der Waals surface area contributed by atoms with E-state index in [0.29, 0.717) is 24.3 Å². The second kappa shape index (κ2) is 8.64. The third kappa shape index (κ3) is 4.62. The van der Waals surface area contributed by atoms with Crippen molar-refractivity contribution in [1.29, 1.82) is 0 Å². The summed E-state index contributed by atoms with van der Waals surface area (Å²) in [5, 5.41) is 12.0. The molecule has 2 aromatic heterocycles. The van der Waals surface area contributed by atoms with Crippen LogP contribution in [0, 0.1) is 0 Å². The van der Waals surface area contributed by atoms with Gasteiger partial charge < -0.3 is 10.6 Å². The zero-order chi connectivity index (χ0) is 19.2. The Morgan fingerprint density at radius 3 is 2.63 bits per heavy atom. The summed E-state index contributed by atoms with van der Waals surface area (Å²) in [7, 11) is 0. The Bertz CT molecular complexity index is 903. The Hall–Kier alpha value is -2.93. The van der Waals surface area contributed by atoms with Crippen LogP contribution >= 0.6 is 11.3 Å². The van der Waals surface area contributed by atoms with Gasteiger partial charge in [-0.2, -0.15) is 5.10 Å². The normalized spacial score (nSPS) is 11.8. The van der Waals surface area contributed by atoms with Gasteiger partial charge >= 0.3 is 0 Å². The predicted molar refractivity (Wildman–Crippen MR) is 107 cm³/mol. The molecular weight excluding hydrogens is 360 g/mol. The fourth-order valence-corrected chi connectivity index (χ4v) is 3.42. The van der Waals surface area contributed by atoms with E-state index in [1.54, 1.807) is 17.8 Å². The molecule has 3 aromatic rings. The molecule has 0 radical (unpaired) electrons. The van der Waals surface area contributed by atoms with Crippen LogP contribution in [0.5, 0.6) is 0 Å². The van der Waals surface area contributed by atoms with Gasteiger partial charge in [-0.05, 0) is 30.9 Å². The van der Waals surface area contributed by atoms with Crippen LogP contribution < -0.4 is 10.6 Å². The lowest BCUT2D eigenvalue weighted by Crippen LogP contribution is -2.44. The summed E-state index contributed by atoms with van der Waals surface area (Å²) in [4.78, 5) is 25.6. The number of thiophene rings is 1. The molecule has 0 aliphatic heterocycles. The lowest BCUT2D eigenvalue weighted by molar-refractivity contribution is -0.122. The quantitative estimate of drug-likeness (QED) is 0.660. The van der Waals surface area contributed by atoms with E-state index in [9.17, 15) is 9.59 Å². The minimum absolute atomic E-state index is 0.208. The van der Waals surface area contributed by atoms with E-state index >= 15 is 0 Å². The summed E-state index contributed by atoms with van der Waals surface area (Å²) >= 11 is 1.53. The first kappa shape index (κ1) is 18.8. The van der Waals surface area contributed by atoms with E-state index in [-0.39, 0.29) is 11.8 Å². The van der Waals surface area contributed by atoms with Gasteiger partial charge in [-0.15, -0.1) is 11.3 Å². The number of carbonyl (C=O) groups excluding carboxylic acids is 2. The number of benzene rings is 1. The van der Waals surface area contributed by atoms with Crippen molar-refractivity contribution in [3.05, 3.63) is 65.2 Å². The van der Waals surface area contributed by atoms with Gasteiger partial charge in [0.15, 0.2) is 0 Å². The third-order valence-electron chi connectivity index (χ3n) is 4.04. The van der Waals surface area contributed by atoms with Crippen molar-refractivity contribution in [2.75, 3.05) is 6.54 Å². The summed E-state index contributed by atoms with van der Waals surface area (Å²) in [6.45, 7) is 4.60. The van der Waals surface area contributed by atoms with Crippen molar-refractivity contribution in [3.8, 4) is 10.6 Å². The molecule has 2 amide bonds. The fourth-order valence-electron chi connectivity index (χ4n) is 2.70. The third-order valence-corrected chi connectivity index (χ3v) is 4.92. The minimum Gasteiger partial charge on any atom is -0.355 e. The molecule has 2 heterocycles. The maximum absolute atomic E-state index is 12.8. The van der Waals surface area contributed by atoms with Gasteiger partial charge in [0, 0.05) is 12.7 Å². The highest BCUT2D eigenvalue weighted by Gasteiger charge is 2.22. The molecule has 1 aromatic carbocycles. The average Bonchev–Trinajstić information content (AvgIpc) is 3.32. The number of carbonyl (C=O) groups is 2. The Balaban J connectivity index is 1.86. The van der Waals surface area contributed by atoms with Crippen molar-refractivity contribution in [2.24, 2.45) is 0 Å². The van der Waals surface area contributed by atoms with Crippen LogP contribution in [0.4, 0.5) is 0 Å². The molecule has 1 atom stereocenters. The minimum atomic E-state index is -0.619. The number of likely N-dealkylation sites (N-methyl/N-ethyl adjacent to an activating group) is 1. The number of amides is 2. The maximum Gasteiger partial charge on any atom is 0.255 e. The lowest BCUT2D eigenvalue weighted by Gasteiger charge is -2.13. The highest BCUT2D eigenvalue weighted by molar-refractivity contribution is 7.13.